The minimum absolute atomic E-state index is 0.0842. The van der Waals surface area contributed by atoms with Gasteiger partial charge in [0.2, 0.25) is 0 Å². The minimum Gasteiger partial charge on any atom is -0.495 e. The zero-order valence-electron chi connectivity index (χ0n) is 18.4. The number of methoxy groups -OCH3 is 1. The molecule has 0 aliphatic carbocycles. The number of benzene rings is 2. The van der Waals surface area contributed by atoms with Gasteiger partial charge in [0.25, 0.3) is 0 Å². The fraction of sp³-hybridized carbons (Fsp3) is 0.391. The van der Waals surface area contributed by atoms with Gasteiger partial charge < -0.3 is 20.5 Å². The number of likely N-dealkylation sites (N-methyl/N-ethyl adjacent to an activating group) is 1. The number of carbonyl (C=O) groups is 1. The van der Waals surface area contributed by atoms with Crippen LogP contribution in [0, 0.1) is 12.3 Å². The number of nitrogens with one attached hydrogen (secondary N) is 3. The third kappa shape index (κ3) is 8.23. The van der Waals surface area contributed by atoms with Crippen LogP contribution in [-0.2, 0) is 4.79 Å². The number of aldehydes is 1. The predicted octanol–water partition coefficient (Wildman–Crippen LogP) is 3.02. The molecule has 0 radical (unpaired) electrons. The summed E-state index contributed by atoms with van der Waals surface area (Å²) in [6.45, 7) is 7.11. The molecule has 0 unspecified atom stereocenters. The van der Waals surface area contributed by atoms with Crippen LogP contribution in [0.25, 0.3) is 0 Å². The highest BCUT2D eigenvalue weighted by molar-refractivity contribution is 6.36. The molecule has 4 N–H and O–H groups in total. The second-order valence-electron chi connectivity index (χ2n) is 6.62. The molecule has 0 saturated carbocycles. The second-order valence-corrected chi connectivity index (χ2v) is 6.62. The molecule has 0 aromatic heterocycles. The third-order valence-electron chi connectivity index (χ3n) is 4.55. The van der Waals surface area contributed by atoms with Crippen LogP contribution < -0.4 is 15.4 Å². The molecule has 0 aliphatic rings. The summed E-state index contributed by atoms with van der Waals surface area (Å²) in [4.78, 5) is 12.9. The maximum atomic E-state index is 10.8. The zero-order valence-corrected chi connectivity index (χ0v) is 18.4. The molecule has 0 spiro atoms. The van der Waals surface area contributed by atoms with E-state index in [1.54, 1.807) is 25.3 Å². The first kappa shape index (κ1) is 25.1. The van der Waals surface area contributed by atoms with Crippen molar-refractivity contribution in [3.63, 3.8) is 0 Å². The largest absolute Gasteiger partial charge is 0.495 e. The van der Waals surface area contributed by atoms with Gasteiger partial charge in [-0.1, -0.05) is 31.2 Å². The molecule has 7 heteroatoms. The van der Waals surface area contributed by atoms with E-state index in [1.165, 1.54) is 11.3 Å². The van der Waals surface area contributed by atoms with Crippen molar-refractivity contribution >= 4 is 23.4 Å². The number of anilines is 2. The van der Waals surface area contributed by atoms with E-state index in [2.05, 4.69) is 34.6 Å². The molecule has 0 fully saturated rings. The lowest BCUT2D eigenvalue weighted by atomic mass is 10.1. The Morgan fingerprint density at radius 2 is 1.97 bits per heavy atom. The van der Waals surface area contributed by atoms with Crippen molar-refractivity contribution in [2.45, 2.75) is 13.8 Å². The average Bonchev–Trinajstić information content (AvgIpc) is 2.78. The molecule has 0 amide bonds. The Balaban J connectivity index is 0.000000414. The van der Waals surface area contributed by atoms with Crippen molar-refractivity contribution in [2.24, 2.45) is 0 Å². The van der Waals surface area contributed by atoms with E-state index in [4.69, 9.17) is 15.3 Å². The van der Waals surface area contributed by atoms with Crippen molar-refractivity contribution in [2.75, 3.05) is 57.6 Å². The smallest absolute Gasteiger partial charge is 0.168 e. The Bertz CT molecular complexity index is 796. The molecule has 2 rings (SSSR count). The van der Waals surface area contributed by atoms with Crippen LogP contribution in [0.2, 0.25) is 0 Å². The number of aryl methyl sites for hydroxylation is 1. The first-order valence-corrected chi connectivity index (χ1v) is 10.0. The van der Waals surface area contributed by atoms with Crippen molar-refractivity contribution in [3.05, 3.63) is 53.6 Å². The average molecular weight is 415 g/mol. The van der Waals surface area contributed by atoms with Crippen LogP contribution in [0.4, 0.5) is 11.4 Å². The second kappa shape index (κ2) is 14.1. The molecule has 2 aromatic rings. The molecule has 7 nitrogen and oxygen atoms in total. The lowest BCUT2D eigenvalue weighted by Gasteiger charge is -2.21. The van der Waals surface area contributed by atoms with Gasteiger partial charge in [-0.2, -0.15) is 0 Å². The minimum atomic E-state index is -0.0842. The SMILES string of the molecule is CCN(CCO)CCNc1c(OC)cccc1C(=N)C=O.CNc1cccc(C)c1. The van der Waals surface area contributed by atoms with Crippen LogP contribution >= 0.6 is 0 Å². The summed E-state index contributed by atoms with van der Waals surface area (Å²) in [6, 6.07) is 13.5. The number of aliphatic hydroxyl groups is 1. The molecule has 0 heterocycles. The third-order valence-corrected chi connectivity index (χ3v) is 4.55. The molecule has 30 heavy (non-hydrogen) atoms. The Hall–Kier alpha value is -2.90. The van der Waals surface area contributed by atoms with Gasteiger partial charge >= 0.3 is 0 Å². The van der Waals surface area contributed by atoms with Gasteiger partial charge in [-0.25, -0.2) is 0 Å². The van der Waals surface area contributed by atoms with Gasteiger partial charge in [0, 0.05) is 37.9 Å². The molecule has 0 saturated heterocycles. The zero-order chi connectivity index (χ0) is 22.4. The monoisotopic (exact) mass is 414 g/mol. The standard InChI is InChI=1S/C15H23N3O3.C8H11N/c1-3-18(9-10-19)8-7-17-15-12(13(16)11-20)5-4-6-14(15)21-2;1-7-4-3-5-8(6-7)9-2/h4-6,11,16-17,19H,3,7-10H2,1-2H3;3-6,9H,1-2H3. The van der Waals surface area contributed by atoms with Gasteiger partial charge in [-0.05, 0) is 37.2 Å². The topological polar surface area (TPSA) is 97.7 Å². The number of rotatable bonds is 11. The number of ether oxygens (including phenoxy) is 1. The van der Waals surface area contributed by atoms with Gasteiger partial charge in [-0.3, -0.25) is 15.1 Å². The summed E-state index contributed by atoms with van der Waals surface area (Å²) in [5.74, 6) is 0.601. The van der Waals surface area contributed by atoms with Gasteiger partial charge in [0.1, 0.15) is 11.5 Å². The van der Waals surface area contributed by atoms with Crippen LogP contribution in [0.5, 0.6) is 5.75 Å². The maximum Gasteiger partial charge on any atom is 0.168 e. The Morgan fingerprint density at radius 3 is 2.50 bits per heavy atom. The molecule has 2 aromatic carbocycles. The summed E-state index contributed by atoms with van der Waals surface area (Å²) >= 11 is 0. The molecule has 0 atom stereocenters. The molecule has 0 aliphatic heterocycles. The number of aliphatic hydroxyl groups excluding tert-OH is 1. The highest BCUT2D eigenvalue weighted by Crippen LogP contribution is 2.28. The highest BCUT2D eigenvalue weighted by atomic mass is 16.5. The van der Waals surface area contributed by atoms with E-state index in [-0.39, 0.29) is 12.3 Å². The molecule has 0 bridgehead atoms. The van der Waals surface area contributed by atoms with E-state index in [1.807, 2.05) is 26.1 Å². The number of hydrogen-bond donors (Lipinski definition) is 4. The fourth-order valence-electron chi connectivity index (χ4n) is 2.88. The number of para-hydroxylation sites is 1. The Morgan fingerprint density at radius 1 is 1.23 bits per heavy atom. The van der Waals surface area contributed by atoms with E-state index in [0.717, 1.165) is 13.1 Å². The predicted molar refractivity (Wildman–Crippen MR) is 124 cm³/mol. The Kier molecular flexibility index (Phi) is 11.8. The molecule has 164 valence electrons. The summed E-state index contributed by atoms with van der Waals surface area (Å²) in [5, 5.41) is 23.0. The lowest BCUT2D eigenvalue weighted by Crippen LogP contribution is -2.31. The van der Waals surface area contributed by atoms with Crippen LogP contribution in [0.3, 0.4) is 0 Å². The van der Waals surface area contributed by atoms with Crippen molar-refractivity contribution in [1.29, 1.82) is 5.41 Å². The van der Waals surface area contributed by atoms with E-state index in [9.17, 15) is 4.79 Å². The summed E-state index contributed by atoms with van der Waals surface area (Å²) in [7, 11) is 3.48. The van der Waals surface area contributed by atoms with Crippen LogP contribution in [-0.4, -0.2) is 68.9 Å². The summed E-state index contributed by atoms with van der Waals surface area (Å²) < 4.78 is 5.28. The fourth-order valence-corrected chi connectivity index (χ4v) is 2.88. The number of hydrogen-bond acceptors (Lipinski definition) is 7. The Labute approximate surface area is 179 Å². The quantitative estimate of drug-likeness (QED) is 0.333. The summed E-state index contributed by atoms with van der Waals surface area (Å²) in [6.07, 6.45) is 0.518. The van der Waals surface area contributed by atoms with Crippen molar-refractivity contribution < 1.29 is 14.6 Å². The van der Waals surface area contributed by atoms with Crippen molar-refractivity contribution in [1.82, 2.24) is 4.90 Å². The van der Waals surface area contributed by atoms with E-state index < -0.39 is 0 Å². The molecular formula is C23H34N4O3. The highest BCUT2D eigenvalue weighted by Gasteiger charge is 2.12. The number of nitrogens with zero attached hydrogens (tertiary/aromatic N) is 1. The first-order chi connectivity index (χ1) is 14.5. The lowest BCUT2D eigenvalue weighted by molar-refractivity contribution is -0.102. The van der Waals surface area contributed by atoms with Crippen LogP contribution in [0.1, 0.15) is 18.1 Å². The van der Waals surface area contributed by atoms with Gasteiger partial charge in [0.15, 0.2) is 6.29 Å². The summed E-state index contributed by atoms with van der Waals surface area (Å²) in [5.41, 5.74) is 3.56. The molecular weight excluding hydrogens is 380 g/mol. The number of carbonyl (C=O) groups excluding carboxylic acids is 1. The van der Waals surface area contributed by atoms with Crippen molar-refractivity contribution in [3.8, 4) is 5.75 Å². The normalized spacial score (nSPS) is 10.1. The maximum absolute atomic E-state index is 10.8. The van der Waals surface area contributed by atoms with Gasteiger partial charge in [-0.15, -0.1) is 0 Å². The van der Waals surface area contributed by atoms with E-state index in [0.29, 0.717) is 36.4 Å². The van der Waals surface area contributed by atoms with Gasteiger partial charge in [0.05, 0.1) is 19.4 Å². The van der Waals surface area contributed by atoms with E-state index >= 15 is 0 Å². The van der Waals surface area contributed by atoms with Crippen LogP contribution in [0.15, 0.2) is 42.5 Å². The first-order valence-electron chi connectivity index (χ1n) is 10.0.